The van der Waals surface area contributed by atoms with Crippen molar-refractivity contribution in [3.8, 4) is 5.75 Å². The van der Waals surface area contributed by atoms with Gasteiger partial charge in [-0.2, -0.15) is 0 Å². The van der Waals surface area contributed by atoms with E-state index in [2.05, 4.69) is 51.1 Å². The van der Waals surface area contributed by atoms with E-state index < -0.39 is 5.97 Å². The number of aryl methyl sites for hydroxylation is 3. The number of rotatable bonds is 14. The molecule has 0 amide bonds. The normalized spacial score (nSPS) is 12.0. The largest absolute Gasteiger partial charge is 0.494 e. The van der Waals surface area contributed by atoms with Crippen LogP contribution in [0.25, 0.3) is 0 Å². The summed E-state index contributed by atoms with van der Waals surface area (Å²) in [5, 5.41) is 8.69. The molecule has 0 aliphatic carbocycles. The van der Waals surface area contributed by atoms with Crippen LogP contribution in [0.4, 0.5) is 0 Å². The Hall–Kier alpha value is -2.29. The third-order valence-electron chi connectivity index (χ3n) is 5.85. The van der Waals surface area contributed by atoms with Gasteiger partial charge in [-0.05, 0) is 92.7 Å². The summed E-state index contributed by atoms with van der Waals surface area (Å²) in [6.07, 6.45) is 8.74. The SMILES string of the molecule is CCCC(CCCOc1ccc(CCCCC(=O)O)cc1)Cc1ccc(C)c(C)c1. The monoisotopic (exact) mass is 410 g/mol. The van der Waals surface area contributed by atoms with E-state index >= 15 is 0 Å². The van der Waals surface area contributed by atoms with E-state index in [1.165, 1.54) is 41.5 Å². The summed E-state index contributed by atoms with van der Waals surface area (Å²) in [6.45, 7) is 7.40. The highest BCUT2D eigenvalue weighted by molar-refractivity contribution is 5.66. The predicted molar refractivity (Wildman–Crippen MR) is 124 cm³/mol. The molecule has 0 saturated carbocycles. The second-order valence-electron chi connectivity index (χ2n) is 8.51. The van der Waals surface area contributed by atoms with E-state index in [1.54, 1.807) is 0 Å². The Kier molecular flexibility index (Phi) is 10.5. The fraction of sp³-hybridized carbons (Fsp3) is 0.519. The summed E-state index contributed by atoms with van der Waals surface area (Å²) in [6, 6.07) is 15.1. The second kappa shape index (κ2) is 13.1. The highest BCUT2D eigenvalue weighted by atomic mass is 16.5. The summed E-state index contributed by atoms with van der Waals surface area (Å²) in [5.74, 6) is 0.924. The van der Waals surface area contributed by atoms with E-state index in [0.717, 1.165) is 44.5 Å². The molecular formula is C27H38O3. The van der Waals surface area contributed by atoms with Crippen LogP contribution in [0.2, 0.25) is 0 Å². The molecule has 2 rings (SSSR count). The Bertz CT molecular complexity index is 764. The molecule has 1 atom stereocenters. The van der Waals surface area contributed by atoms with Gasteiger partial charge in [-0.25, -0.2) is 0 Å². The van der Waals surface area contributed by atoms with Crippen LogP contribution < -0.4 is 4.74 Å². The molecule has 1 N–H and O–H groups in total. The summed E-state index contributed by atoms with van der Waals surface area (Å²) in [7, 11) is 0. The number of carbonyl (C=O) groups is 1. The molecule has 2 aromatic rings. The minimum Gasteiger partial charge on any atom is -0.494 e. The standard InChI is InChI=1S/C27H38O3/c1-4-8-24(20-25-13-12-21(2)22(3)19-25)10-7-18-30-26-16-14-23(15-17-26)9-5-6-11-27(28)29/h12-17,19,24H,4-11,18,20H2,1-3H3,(H,28,29). The molecule has 0 aliphatic rings. The Morgan fingerprint density at radius 1 is 0.933 bits per heavy atom. The average Bonchev–Trinajstić information content (AvgIpc) is 2.72. The van der Waals surface area contributed by atoms with Crippen molar-refractivity contribution in [3.05, 3.63) is 64.7 Å². The fourth-order valence-electron chi connectivity index (χ4n) is 3.94. The number of ether oxygens (including phenoxy) is 1. The number of hydrogen-bond donors (Lipinski definition) is 1. The van der Waals surface area contributed by atoms with Gasteiger partial charge >= 0.3 is 5.97 Å². The summed E-state index contributed by atoms with van der Waals surface area (Å²) in [4.78, 5) is 10.6. The molecule has 0 radical (unpaired) electrons. The van der Waals surface area contributed by atoms with Gasteiger partial charge in [0.2, 0.25) is 0 Å². The first-order valence-corrected chi connectivity index (χ1v) is 11.5. The van der Waals surface area contributed by atoms with Gasteiger partial charge < -0.3 is 9.84 Å². The molecule has 0 bridgehead atoms. The number of aliphatic carboxylic acids is 1. The topological polar surface area (TPSA) is 46.5 Å². The molecule has 0 aromatic heterocycles. The minimum atomic E-state index is -0.714. The molecule has 164 valence electrons. The van der Waals surface area contributed by atoms with Gasteiger partial charge in [-0.3, -0.25) is 4.79 Å². The van der Waals surface area contributed by atoms with Crippen molar-refractivity contribution in [3.63, 3.8) is 0 Å². The van der Waals surface area contributed by atoms with Gasteiger partial charge in [0.05, 0.1) is 6.61 Å². The van der Waals surface area contributed by atoms with Crippen LogP contribution >= 0.6 is 0 Å². The van der Waals surface area contributed by atoms with Crippen LogP contribution in [0.1, 0.15) is 74.1 Å². The van der Waals surface area contributed by atoms with E-state index in [0.29, 0.717) is 5.92 Å². The Balaban J connectivity index is 1.71. The lowest BCUT2D eigenvalue weighted by Gasteiger charge is -2.17. The maximum atomic E-state index is 10.6. The van der Waals surface area contributed by atoms with Gasteiger partial charge in [0, 0.05) is 6.42 Å². The van der Waals surface area contributed by atoms with Crippen LogP contribution in [0.3, 0.4) is 0 Å². The van der Waals surface area contributed by atoms with E-state index in [1.807, 2.05) is 12.1 Å². The summed E-state index contributed by atoms with van der Waals surface area (Å²) >= 11 is 0. The molecule has 0 fully saturated rings. The smallest absolute Gasteiger partial charge is 0.303 e. The quantitative estimate of drug-likeness (QED) is 0.344. The van der Waals surface area contributed by atoms with Crippen molar-refractivity contribution in [1.29, 1.82) is 0 Å². The maximum Gasteiger partial charge on any atom is 0.303 e. The first-order chi connectivity index (χ1) is 14.5. The molecule has 0 spiro atoms. The highest BCUT2D eigenvalue weighted by Crippen LogP contribution is 2.22. The second-order valence-corrected chi connectivity index (χ2v) is 8.51. The lowest BCUT2D eigenvalue weighted by atomic mass is 9.90. The van der Waals surface area contributed by atoms with Gasteiger partial charge in [0.25, 0.3) is 0 Å². The van der Waals surface area contributed by atoms with Crippen molar-refractivity contribution in [2.45, 2.75) is 78.6 Å². The summed E-state index contributed by atoms with van der Waals surface area (Å²) < 4.78 is 5.95. The van der Waals surface area contributed by atoms with Crippen LogP contribution in [0.15, 0.2) is 42.5 Å². The van der Waals surface area contributed by atoms with Crippen LogP contribution in [-0.2, 0) is 17.6 Å². The zero-order valence-electron chi connectivity index (χ0n) is 19.0. The average molecular weight is 411 g/mol. The molecule has 3 heteroatoms. The lowest BCUT2D eigenvalue weighted by Crippen LogP contribution is -2.08. The number of benzene rings is 2. The Labute approximate surface area is 182 Å². The van der Waals surface area contributed by atoms with Crippen molar-refractivity contribution in [2.75, 3.05) is 6.61 Å². The molecule has 0 aliphatic heterocycles. The van der Waals surface area contributed by atoms with E-state index in [-0.39, 0.29) is 6.42 Å². The van der Waals surface area contributed by atoms with Crippen molar-refractivity contribution in [2.24, 2.45) is 5.92 Å². The Morgan fingerprint density at radius 2 is 1.67 bits per heavy atom. The third-order valence-corrected chi connectivity index (χ3v) is 5.85. The molecule has 2 aromatic carbocycles. The van der Waals surface area contributed by atoms with E-state index in [4.69, 9.17) is 9.84 Å². The molecular weight excluding hydrogens is 372 g/mol. The lowest BCUT2D eigenvalue weighted by molar-refractivity contribution is -0.137. The third kappa shape index (κ3) is 9.02. The van der Waals surface area contributed by atoms with Gasteiger partial charge in [0.1, 0.15) is 5.75 Å². The first kappa shape index (κ1) is 24.0. The first-order valence-electron chi connectivity index (χ1n) is 11.5. The van der Waals surface area contributed by atoms with Gasteiger partial charge in [-0.1, -0.05) is 50.1 Å². The molecule has 0 heterocycles. The highest BCUT2D eigenvalue weighted by Gasteiger charge is 2.10. The Morgan fingerprint density at radius 3 is 2.33 bits per heavy atom. The zero-order valence-corrected chi connectivity index (χ0v) is 19.0. The van der Waals surface area contributed by atoms with Gasteiger partial charge in [-0.15, -0.1) is 0 Å². The molecule has 3 nitrogen and oxygen atoms in total. The predicted octanol–water partition coefficient (Wildman–Crippen LogP) is 6.92. The van der Waals surface area contributed by atoms with Crippen LogP contribution in [0.5, 0.6) is 5.75 Å². The zero-order chi connectivity index (χ0) is 21.8. The molecule has 0 saturated heterocycles. The fourth-order valence-corrected chi connectivity index (χ4v) is 3.94. The summed E-state index contributed by atoms with van der Waals surface area (Å²) in [5.41, 5.74) is 5.45. The number of carboxylic acids is 1. The van der Waals surface area contributed by atoms with Crippen LogP contribution in [0, 0.1) is 19.8 Å². The molecule has 30 heavy (non-hydrogen) atoms. The molecule has 1 unspecified atom stereocenters. The minimum absolute atomic E-state index is 0.254. The number of hydrogen-bond acceptors (Lipinski definition) is 2. The maximum absolute atomic E-state index is 10.6. The van der Waals surface area contributed by atoms with Crippen LogP contribution in [-0.4, -0.2) is 17.7 Å². The van der Waals surface area contributed by atoms with Crippen molar-refractivity contribution < 1.29 is 14.6 Å². The van der Waals surface area contributed by atoms with Gasteiger partial charge in [0.15, 0.2) is 0 Å². The number of carboxylic acid groups (broad SMARTS) is 1. The van der Waals surface area contributed by atoms with Crippen molar-refractivity contribution in [1.82, 2.24) is 0 Å². The van der Waals surface area contributed by atoms with Crippen molar-refractivity contribution >= 4 is 5.97 Å². The number of unbranched alkanes of at least 4 members (excludes halogenated alkanes) is 1. The van der Waals surface area contributed by atoms with E-state index in [9.17, 15) is 4.79 Å².